The molecule has 2 aromatic carbocycles. The SMILES string of the molecule is Cc1ccccc1/C=C/C(=O)NC(C)c1cccc(N2CCOCC2)c1. The maximum atomic E-state index is 12.3. The van der Waals surface area contributed by atoms with Gasteiger partial charge in [-0.05, 0) is 48.7 Å². The molecule has 26 heavy (non-hydrogen) atoms. The highest BCUT2D eigenvalue weighted by Crippen LogP contribution is 2.21. The van der Waals surface area contributed by atoms with E-state index in [0.29, 0.717) is 0 Å². The van der Waals surface area contributed by atoms with Crippen LogP contribution in [-0.2, 0) is 9.53 Å². The maximum Gasteiger partial charge on any atom is 0.244 e. The molecule has 1 amide bonds. The zero-order valence-corrected chi connectivity index (χ0v) is 15.4. The molecule has 1 unspecified atom stereocenters. The fraction of sp³-hybridized carbons (Fsp3) is 0.318. The van der Waals surface area contributed by atoms with Crippen LogP contribution in [0.25, 0.3) is 6.08 Å². The molecule has 136 valence electrons. The van der Waals surface area contributed by atoms with Crippen LogP contribution in [-0.4, -0.2) is 32.2 Å². The van der Waals surface area contributed by atoms with Gasteiger partial charge in [0.1, 0.15) is 0 Å². The lowest BCUT2D eigenvalue weighted by molar-refractivity contribution is -0.117. The van der Waals surface area contributed by atoms with E-state index in [-0.39, 0.29) is 11.9 Å². The zero-order chi connectivity index (χ0) is 18.4. The molecule has 0 bridgehead atoms. The molecule has 4 nitrogen and oxygen atoms in total. The molecule has 0 aromatic heterocycles. The highest BCUT2D eigenvalue weighted by Gasteiger charge is 2.13. The van der Waals surface area contributed by atoms with E-state index in [1.807, 2.05) is 50.3 Å². The second-order valence-electron chi connectivity index (χ2n) is 6.61. The van der Waals surface area contributed by atoms with Crippen molar-refractivity contribution in [3.63, 3.8) is 0 Å². The molecule has 1 atom stereocenters. The predicted octanol–water partition coefficient (Wildman–Crippen LogP) is 3.72. The second kappa shape index (κ2) is 8.68. The van der Waals surface area contributed by atoms with Gasteiger partial charge in [-0.15, -0.1) is 0 Å². The highest BCUT2D eigenvalue weighted by atomic mass is 16.5. The number of morpholine rings is 1. The summed E-state index contributed by atoms with van der Waals surface area (Å²) in [6, 6.07) is 16.3. The molecule has 2 aromatic rings. The number of hydrogen-bond acceptors (Lipinski definition) is 3. The second-order valence-corrected chi connectivity index (χ2v) is 6.61. The van der Waals surface area contributed by atoms with E-state index in [0.717, 1.165) is 43.0 Å². The van der Waals surface area contributed by atoms with Gasteiger partial charge in [-0.3, -0.25) is 4.79 Å². The van der Waals surface area contributed by atoms with Gasteiger partial charge in [0.05, 0.1) is 19.3 Å². The summed E-state index contributed by atoms with van der Waals surface area (Å²) in [5.41, 5.74) is 4.50. The minimum atomic E-state index is -0.0856. The first-order valence-corrected chi connectivity index (χ1v) is 9.10. The van der Waals surface area contributed by atoms with Crippen molar-refractivity contribution < 1.29 is 9.53 Å². The van der Waals surface area contributed by atoms with Crippen molar-refractivity contribution >= 4 is 17.7 Å². The standard InChI is InChI=1S/C22H26N2O2/c1-17-6-3-4-7-19(17)10-11-22(25)23-18(2)20-8-5-9-21(16-20)24-12-14-26-15-13-24/h3-11,16,18H,12-15H2,1-2H3,(H,23,25)/b11-10+. The van der Waals surface area contributed by atoms with E-state index in [1.165, 1.54) is 5.69 Å². The van der Waals surface area contributed by atoms with E-state index in [1.54, 1.807) is 6.08 Å². The van der Waals surface area contributed by atoms with Crippen molar-refractivity contribution in [1.82, 2.24) is 5.32 Å². The number of aryl methyl sites for hydroxylation is 1. The summed E-state index contributed by atoms with van der Waals surface area (Å²) in [6.45, 7) is 7.39. The predicted molar refractivity (Wildman–Crippen MR) is 106 cm³/mol. The Kier molecular flexibility index (Phi) is 6.08. The molecule has 4 heteroatoms. The Morgan fingerprint density at radius 2 is 1.92 bits per heavy atom. The van der Waals surface area contributed by atoms with Gasteiger partial charge in [0.2, 0.25) is 5.91 Å². The van der Waals surface area contributed by atoms with Crippen LogP contribution in [0.2, 0.25) is 0 Å². The molecule has 0 saturated carbocycles. The molecule has 1 heterocycles. The van der Waals surface area contributed by atoms with Crippen LogP contribution in [0.3, 0.4) is 0 Å². The maximum absolute atomic E-state index is 12.3. The van der Waals surface area contributed by atoms with Crippen LogP contribution in [0.15, 0.2) is 54.6 Å². The van der Waals surface area contributed by atoms with Crippen LogP contribution in [0, 0.1) is 6.92 Å². The number of rotatable bonds is 5. The van der Waals surface area contributed by atoms with E-state index in [4.69, 9.17) is 4.74 Å². The molecule has 3 rings (SSSR count). The van der Waals surface area contributed by atoms with Gasteiger partial charge in [0, 0.05) is 24.9 Å². The van der Waals surface area contributed by atoms with Crippen LogP contribution in [0.4, 0.5) is 5.69 Å². The van der Waals surface area contributed by atoms with Crippen molar-refractivity contribution in [3.8, 4) is 0 Å². The van der Waals surface area contributed by atoms with Crippen LogP contribution < -0.4 is 10.2 Å². The van der Waals surface area contributed by atoms with Crippen LogP contribution >= 0.6 is 0 Å². The van der Waals surface area contributed by atoms with Gasteiger partial charge in [-0.2, -0.15) is 0 Å². The van der Waals surface area contributed by atoms with Crippen molar-refractivity contribution in [2.45, 2.75) is 19.9 Å². The molecule has 1 fully saturated rings. The Balaban J connectivity index is 1.63. The quantitative estimate of drug-likeness (QED) is 0.836. The number of anilines is 1. The Labute approximate surface area is 155 Å². The molecule has 1 aliphatic rings. The average molecular weight is 350 g/mol. The summed E-state index contributed by atoms with van der Waals surface area (Å²) in [5, 5.41) is 3.05. The highest BCUT2D eigenvalue weighted by molar-refractivity contribution is 5.92. The van der Waals surface area contributed by atoms with Crippen molar-refractivity contribution in [3.05, 3.63) is 71.3 Å². The number of ether oxygens (including phenoxy) is 1. The molecule has 0 spiro atoms. The fourth-order valence-electron chi connectivity index (χ4n) is 3.10. The summed E-state index contributed by atoms with van der Waals surface area (Å²) >= 11 is 0. The largest absolute Gasteiger partial charge is 0.378 e. The molecule has 1 N–H and O–H groups in total. The van der Waals surface area contributed by atoms with E-state index in [2.05, 4.69) is 28.4 Å². The van der Waals surface area contributed by atoms with Gasteiger partial charge >= 0.3 is 0 Å². The number of nitrogens with zero attached hydrogens (tertiary/aromatic N) is 1. The molecular formula is C22H26N2O2. The number of carbonyl (C=O) groups is 1. The van der Waals surface area contributed by atoms with Gasteiger partial charge in [-0.25, -0.2) is 0 Å². The molecular weight excluding hydrogens is 324 g/mol. The minimum absolute atomic E-state index is 0.0509. The third kappa shape index (κ3) is 4.73. The third-order valence-electron chi connectivity index (χ3n) is 4.71. The fourth-order valence-corrected chi connectivity index (χ4v) is 3.10. The lowest BCUT2D eigenvalue weighted by atomic mass is 10.1. The zero-order valence-electron chi connectivity index (χ0n) is 15.4. The minimum Gasteiger partial charge on any atom is -0.378 e. The Morgan fingerprint density at radius 1 is 1.15 bits per heavy atom. The number of nitrogens with one attached hydrogen (secondary N) is 1. The summed E-state index contributed by atoms with van der Waals surface area (Å²) < 4.78 is 5.42. The van der Waals surface area contributed by atoms with Crippen molar-refractivity contribution in [2.75, 3.05) is 31.2 Å². The summed E-state index contributed by atoms with van der Waals surface area (Å²) in [4.78, 5) is 14.6. The molecule has 0 aliphatic carbocycles. The lowest BCUT2D eigenvalue weighted by Crippen LogP contribution is -2.36. The first kappa shape index (κ1) is 18.2. The number of benzene rings is 2. The van der Waals surface area contributed by atoms with E-state index >= 15 is 0 Å². The van der Waals surface area contributed by atoms with Crippen LogP contribution in [0.1, 0.15) is 29.7 Å². The lowest BCUT2D eigenvalue weighted by Gasteiger charge is -2.29. The molecule has 1 aliphatic heterocycles. The average Bonchev–Trinajstić information content (AvgIpc) is 2.68. The number of carbonyl (C=O) groups excluding carboxylic acids is 1. The van der Waals surface area contributed by atoms with Gasteiger partial charge in [-0.1, -0.05) is 36.4 Å². The molecule has 0 radical (unpaired) electrons. The summed E-state index contributed by atoms with van der Waals surface area (Å²) in [6.07, 6.45) is 3.46. The topological polar surface area (TPSA) is 41.6 Å². The number of hydrogen-bond donors (Lipinski definition) is 1. The van der Waals surface area contributed by atoms with Crippen molar-refractivity contribution in [2.24, 2.45) is 0 Å². The first-order chi connectivity index (χ1) is 12.6. The monoisotopic (exact) mass is 350 g/mol. The van der Waals surface area contributed by atoms with Gasteiger partial charge < -0.3 is 15.0 Å². The Morgan fingerprint density at radius 3 is 2.69 bits per heavy atom. The van der Waals surface area contributed by atoms with Gasteiger partial charge in [0.15, 0.2) is 0 Å². The van der Waals surface area contributed by atoms with Crippen LogP contribution in [0.5, 0.6) is 0 Å². The normalized spacial score (nSPS) is 15.8. The molecule has 1 saturated heterocycles. The van der Waals surface area contributed by atoms with Crippen molar-refractivity contribution in [1.29, 1.82) is 0 Å². The van der Waals surface area contributed by atoms with E-state index in [9.17, 15) is 4.79 Å². The first-order valence-electron chi connectivity index (χ1n) is 9.10. The van der Waals surface area contributed by atoms with Gasteiger partial charge in [0.25, 0.3) is 0 Å². The van der Waals surface area contributed by atoms with E-state index < -0.39 is 0 Å². The number of amides is 1. The smallest absolute Gasteiger partial charge is 0.244 e. The summed E-state index contributed by atoms with van der Waals surface area (Å²) in [5.74, 6) is -0.0856. The third-order valence-corrected chi connectivity index (χ3v) is 4.71. The Bertz CT molecular complexity index is 779. The summed E-state index contributed by atoms with van der Waals surface area (Å²) in [7, 11) is 0. The Hall–Kier alpha value is -2.59.